The van der Waals surface area contributed by atoms with Crippen molar-refractivity contribution in [3.05, 3.63) is 35.6 Å². The Balaban J connectivity index is 1.84. The minimum absolute atomic E-state index is 0.0558. The van der Waals surface area contributed by atoms with E-state index in [0.29, 0.717) is 0 Å². The number of alkyl halides is 1. The first-order valence-corrected chi connectivity index (χ1v) is 9.71. The number of carbonyl (C=O) groups is 1. The first-order valence-electron chi connectivity index (χ1n) is 8.72. The predicted octanol–water partition coefficient (Wildman–Crippen LogP) is 3.06. The normalized spacial score (nSPS) is 21.5. The lowest BCUT2D eigenvalue weighted by Crippen LogP contribution is -2.54. The molecule has 2 rings (SSSR count). The third kappa shape index (κ3) is 5.18. The van der Waals surface area contributed by atoms with Crippen LogP contribution in [0.3, 0.4) is 0 Å². The standard InChI is InChI=1S/C19H25F2N3OS/c1-19(2,26-9-3-4-13-5-7-14(20)8-6-13)17(23)18(25)24-12-15(21)10-16(24)11-22/h5-8,15-17H,3-4,9-10,12,23H2,1-2H3/t15?,16-,17+/m0/s1. The lowest BCUT2D eigenvalue weighted by molar-refractivity contribution is -0.133. The van der Waals surface area contributed by atoms with Crippen LogP contribution in [0, 0.1) is 17.1 Å². The molecule has 0 aliphatic carbocycles. The van der Waals surface area contributed by atoms with Gasteiger partial charge in [-0.1, -0.05) is 12.1 Å². The number of halogens is 2. The van der Waals surface area contributed by atoms with Crippen molar-refractivity contribution in [2.24, 2.45) is 5.73 Å². The van der Waals surface area contributed by atoms with Gasteiger partial charge in [0.1, 0.15) is 18.0 Å². The zero-order valence-corrected chi connectivity index (χ0v) is 15.9. The lowest BCUT2D eigenvalue weighted by atomic mass is 10.0. The molecule has 1 heterocycles. The van der Waals surface area contributed by atoms with Crippen LogP contribution < -0.4 is 5.73 Å². The molecule has 26 heavy (non-hydrogen) atoms. The van der Waals surface area contributed by atoms with E-state index in [9.17, 15) is 13.6 Å². The number of thioether (sulfide) groups is 1. The number of nitrogens with two attached hydrogens (primary N) is 1. The summed E-state index contributed by atoms with van der Waals surface area (Å²) in [6.07, 6.45) is 0.582. The van der Waals surface area contributed by atoms with Crippen molar-refractivity contribution in [1.29, 1.82) is 5.26 Å². The quantitative estimate of drug-likeness (QED) is 0.737. The first kappa shape index (κ1) is 20.7. The van der Waals surface area contributed by atoms with Crippen LogP contribution in [0.25, 0.3) is 0 Å². The van der Waals surface area contributed by atoms with Crippen LogP contribution in [0.5, 0.6) is 0 Å². The van der Waals surface area contributed by atoms with Crippen LogP contribution in [0.4, 0.5) is 8.78 Å². The van der Waals surface area contributed by atoms with Gasteiger partial charge in [-0.05, 0) is 50.1 Å². The molecule has 1 unspecified atom stereocenters. The Labute approximate surface area is 157 Å². The minimum atomic E-state index is -1.16. The Morgan fingerprint density at radius 1 is 1.46 bits per heavy atom. The highest BCUT2D eigenvalue weighted by molar-refractivity contribution is 8.00. The smallest absolute Gasteiger partial charge is 0.242 e. The van der Waals surface area contributed by atoms with E-state index in [-0.39, 0.29) is 24.7 Å². The van der Waals surface area contributed by atoms with E-state index in [1.54, 1.807) is 23.9 Å². The van der Waals surface area contributed by atoms with Crippen molar-refractivity contribution in [2.75, 3.05) is 12.3 Å². The minimum Gasteiger partial charge on any atom is -0.322 e. The average molecular weight is 381 g/mol. The zero-order valence-electron chi connectivity index (χ0n) is 15.1. The highest BCUT2D eigenvalue weighted by Crippen LogP contribution is 2.31. The summed E-state index contributed by atoms with van der Waals surface area (Å²) in [6.45, 7) is 3.72. The summed E-state index contributed by atoms with van der Waals surface area (Å²) in [5.74, 6) is 0.174. The first-order chi connectivity index (χ1) is 12.2. The van der Waals surface area contributed by atoms with Crippen LogP contribution in [0.15, 0.2) is 24.3 Å². The summed E-state index contributed by atoms with van der Waals surface area (Å²) in [7, 11) is 0. The van der Waals surface area contributed by atoms with Gasteiger partial charge in [0, 0.05) is 11.2 Å². The molecule has 1 amide bonds. The molecule has 0 saturated carbocycles. The fraction of sp³-hybridized carbons (Fsp3) is 0.579. The second kappa shape index (κ2) is 8.83. The summed E-state index contributed by atoms with van der Waals surface area (Å²) in [5, 5.41) is 9.11. The summed E-state index contributed by atoms with van der Waals surface area (Å²) in [6, 6.07) is 6.87. The molecule has 1 aliphatic heterocycles. The molecule has 1 fully saturated rings. The molecular formula is C19H25F2N3OS. The van der Waals surface area contributed by atoms with Crippen molar-refractivity contribution in [3.8, 4) is 6.07 Å². The van der Waals surface area contributed by atoms with Crippen molar-refractivity contribution in [1.82, 2.24) is 4.90 Å². The highest BCUT2D eigenvalue weighted by Gasteiger charge is 2.41. The topological polar surface area (TPSA) is 70.1 Å². The number of likely N-dealkylation sites (tertiary alicyclic amines) is 1. The molecule has 0 aromatic heterocycles. The molecule has 3 atom stereocenters. The van der Waals surface area contributed by atoms with Gasteiger partial charge < -0.3 is 10.6 Å². The predicted molar refractivity (Wildman–Crippen MR) is 99.9 cm³/mol. The molecule has 0 radical (unpaired) electrons. The number of hydrogen-bond donors (Lipinski definition) is 1. The molecule has 7 heteroatoms. The van der Waals surface area contributed by atoms with Gasteiger partial charge >= 0.3 is 0 Å². The van der Waals surface area contributed by atoms with E-state index in [2.05, 4.69) is 0 Å². The van der Waals surface area contributed by atoms with Gasteiger partial charge in [0.15, 0.2) is 0 Å². The van der Waals surface area contributed by atoms with E-state index >= 15 is 0 Å². The number of hydrogen-bond acceptors (Lipinski definition) is 4. The molecule has 142 valence electrons. The Hall–Kier alpha value is -1.65. The van der Waals surface area contributed by atoms with Crippen molar-refractivity contribution < 1.29 is 13.6 Å². The second-order valence-electron chi connectivity index (χ2n) is 7.13. The number of nitrogens with zero attached hydrogens (tertiary/aromatic N) is 2. The van der Waals surface area contributed by atoms with E-state index < -0.39 is 23.0 Å². The van der Waals surface area contributed by atoms with Crippen LogP contribution in [0.2, 0.25) is 0 Å². The van der Waals surface area contributed by atoms with Gasteiger partial charge in [0.05, 0.1) is 18.7 Å². The van der Waals surface area contributed by atoms with Crippen LogP contribution >= 0.6 is 11.8 Å². The maximum absolute atomic E-state index is 13.6. The fourth-order valence-corrected chi connectivity index (χ4v) is 4.07. The number of rotatable bonds is 7. The van der Waals surface area contributed by atoms with Gasteiger partial charge in [0.2, 0.25) is 5.91 Å². The maximum Gasteiger partial charge on any atom is 0.242 e. The van der Waals surface area contributed by atoms with Gasteiger partial charge in [-0.25, -0.2) is 8.78 Å². The van der Waals surface area contributed by atoms with Crippen LogP contribution in [-0.4, -0.2) is 46.1 Å². The lowest BCUT2D eigenvalue weighted by Gasteiger charge is -2.33. The molecule has 1 aromatic rings. The monoisotopic (exact) mass is 381 g/mol. The zero-order chi connectivity index (χ0) is 19.3. The Morgan fingerprint density at radius 2 is 2.12 bits per heavy atom. The van der Waals surface area contributed by atoms with E-state index in [1.165, 1.54) is 17.0 Å². The van der Waals surface area contributed by atoms with E-state index in [0.717, 1.165) is 24.2 Å². The summed E-state index contributed by atoms with van der Waals surface area (Å²) < 4.78 is 25.9. The third-order valence-electron chi connectivity index (χ3n) is 4.69. The van der Waals surface area contributed by atoms with Crippen LogP contribution in [-0.2, 0) is 11.2 Å². The molecule has 1 saturated heterocycles. The third-order valence-corrected chi connectivity index (χ3v) is 6.19. The van der Waals surface area contributed by atoms with Gasteiger partial charge in [-0.3, -0.25) is 4.79 Å². The molecular weight excluding hydrogens is 356 g/mol. The average Bonchev–Trinajstić information content (AvgIpc) is 3.00. The van der Waals surface area contributed by atoms with E-state index in [1.807, 2.05) is 19.9 Å². The van der Waals surface area contributed by atoms with Gasteiger partial charge in [-0.2, -0.15) is 17.0 Å². The Kier molecular flexibility index (Phi) is 7.01. The number of amides is 1. The number of nitriles is 1. The van der Waals surface area contributed by atoms with Gasteiger partial charge in [-0.15, -0.1) is 0 Å². The SMILES string of the molecule is CC(C)(SCCCc1ccc(F)cc1)[C@H](N)C(=O)N1CC(F)C[C@H]1C#N. The second-order valence-corrected chi connectivity index (χ2v) is 8.88. The van der Waals surface area contributed by atoms with E-state index in [4.69, 9.17) is 11.0 Å². The largest absolute Gasteiger partial charge is 0.322 e. The molecule has 1 aromatic carbocycles. The summed E-state index contributed by atoms with van der Waals surface area (Å²) in [5.41, 5.74) is 7.22. The summed E-state index contributed by atoms with van der Waals surface area (Å²) >= 11 is 1.58. The van der Waals surface area contributed by atoms with Crippen LogP contribution in [0.1, 0.15) is 32.3 Å². The molecule has 2 N–H and O–H groups in total. The molecule has 1 aliphatic rings. The van der Waals surface area contributed by atoms with Crippen molar-refractivity contribution in [2.45, 2.75) is 56.1 Å². The molecule has 0 spiro atoms. The summed E-state index contributed by atoms with van der Waals surface area (Å²) in [4.78, 5) is 13.9. The van der Waals surface area contributed by atoms with Crippen molar-refractivity contribution >= 4 is 17.7 Å². The van der Waals surface area contributed by atoms with Crippen molar-refractivity contribution in [3.63, 3.8) is 0 Å². The maximum atomic E-state index is 13.6. The molecule has 0 bridgehead atoms. The number of aryl methyl sites for hydroxylation is 1. The molecule has 4 nitrogen and oxygen atoms in total. The Morgan fingerprint density at radius 3 is 2.73 bits per heavy atom. The Bertz CT molecular complexity index is 660. The van der Waals surface area contributed by atoms with Gasteiger partial charge in [0.25, 0.3) is 0 Å². The fourth-order valence-electron chi connectivity index (χ4n) is 2.98. The highest BCUT2D eigenvalue weighted by atomic mass is 32.2. The number of carbonyl (C=O) groups excluding carboxylic acids is 1. The number of benzene rings is 1.